The first-order chi connectivity index (χ1) is 5.00. The van der Waals surface area contributed by atoms with Crippen molar-refractivity contribution in [2.75, 3.05) is 34.4 Å². The van der Waals surface area contributed by atoms with E-state index in [2.05, 4.69) is 10.5 Å². The van der Waals surface area contributed by atoms with E-state index in [0.29, 0.717) is 0 Å². The zero-order valence-corrected chi connectivity index (χ0v) is 8.43. The summed E-state index contributed by atoms with van der Waals surface area (Å²) >= 11 is 0. The third kappa shape index (κ3) is 56.3. The van der Waals surface area contributed by atoms with E-state index in [1.54, 1.807) is 0 Å². The minimum atomic E-state index is -0.853. The Labute approximate surface area is 78.9 Å². The van der Waals surface area contributed by atoms with Gasteiger partial charge in [-0.05, 0) is 21.1 Å². The van der Waals surface area contributed by atoms with E-state index in [-0.39, 0.29) is 25.6 Å². The average Bonchev–Trinajstić information content (AvgIpc) is 1.82. The zero-order chi connectivity index (χ0) is 9.28. The van der Waals surface area contributed by atoms with Gasteiger partial charge in [-0.25, -0.2) is 4.79 Å². The summed E-state index contributed by atoms with van der Waals surface area (Å²) in [4.78, 5) is 11.6. The van der Waals surface area contributed by atoms with Crippen LogP contribution in [0.3, 0.4) is 0 Å². The van der Waals surface area contributed by atoms with Gasteiger partial charge in [-0.1, -0.05) is 0 Å². The van der Waals surface area contributed by atoms with E-state index < -0.39 is 6.09 Å². The van der Waals surface area contributed by atoms with Crippen molar-refractivity contribution >= 4 is 18.5 Å². The summed E-state index contributed by atoms with van der Waals surface area (Å²) in [5.41, 5.74) is 4.51. The van der Waals surface area contributed by atoms with Crippen LogP contribution in [-0.2, 0) is 4.74 Å². The fourth-order valence-corrected chi connectivity index (χ4v) is 0.146. The standard InChI is InChI=1S/C3H7NO3.C3H9N.ClH/c4-3(6)7-2-1-5;1-4(2)3;/h5H,1-2H2,(H2,4,6);1-3H3;1H. The molecule has 0 rings (SSSR count). The molecule has 3 N–H and O–H groups in total. The van der Waals surface area contributed by atoms with Gasteiger partial charge in [0.2, 0.25) is 0 Å². The molecule has 0 aromatic carbocycles. The Bertz CT molecular complexity index is 98.0. The van der Waals surface area contributed by atoms with Crippen LogP contribution in [0.15, 0.2) is 0 Å². The summed E-state index contributed by atoms with van der Waals surface area (Å²) in [6.07, 6.45) is -0.853. The van der Waals surface area contributed by atoms with E-state index in [1.165, 1.54) is 0 Å². The lowest BCUT2D eigenvalue weighted by molar-refractivity contribution is 0.127. The number of aliphatic hydroxyl groups is 1. The van der Waals surface area contributed by atoms with Crippen molar-refractivity contribution in [2.45, 2.75) is 0 Å². The lowest BCUT2D eigenvalue weighted by Crippen LogP contribution is -2.15. The van der Waals surface area contributed by atoms with Gasteiger partial charge < -0.3 is 20.5 Å². The number of rotatable bonds is 2. The molecule has 0 aliphatic carbocycles. The highest BCUT2D eigenvalue weighted by Gasteiger charge is 1.87. The quantitative estimate of drug-likeness (QED) is 0.640. The Morgan fingerprint density at radius 2 is 1.83 bits per heavy atom. The maximum atomic E-state index is 9.65. The number of aliphatic hydroxyl groups excluding tert-OH is 1. The first-order valence-electron chi connectivity index (χ1n) is 3.14. The molecular weight excluding hydrogens is 184 g/mol. The second-order valence-electron chi connectivity index (χ2n) is 2.23. The smallest absolute Gasteiger partial charge is 0.404 e. The fraction of sp³-hybridized carbons (Fsp3) is 0.833. The number of nitrogens with two attached hydrogens (primary N) is 1. The molecule has 0 bridgehead atoms. The zero-order valence-electron chi connectivity index (χ0n) is 7.61. The molecule has 0 heterocycles. The first kappa shape index (κ1) is 17.5. The van der Waals surface area contributed by atoms with Crippen molar-refractivity contribution in [1.29, 1.82) is 0 Å². The minimum Gasteiger partial charge on any atom is -0.447 e. The number of hydrogen-bond donors (Lipinski definition) is 2. The molecule has 0 aliphatic rings. The molecular formula is C6H17ClN2O3. The minimum absolute atomic E-state index is 0. The van der Waals surface area contributed by atoms with Crippen LogP contribution in [0, 0.1) is 0 Å². The summed E-state index contributed by atoms with van der Waals surface area (Å²) in [5, 5.41) is 7.98. The molecule has 0 atom stereocenters. The maximum Gasteiger partial charge on any atom is 0.404 e. The summed E-state index contributed by atoms with van der Waals surface area (Å²) in [6, 6.07) is 0. The van der Waals surface area contributed by atoms with Crippen LogP contribution < -0.4 is 5.73 Å². The number of carbonyl (C=O) groups is 1. The monoisotopic (exact) mass is 200 g/mol. The van der Waals surface area contributed by atoms with E-state index in [4.69, 9.17) is 5.11 Å². The normalized spacial score (nSPS) is 7.75. The molecule has 0 spiro atoms. The lowest BCUT2D eigenvalue weighted by atomic mass is 10.8. The van der Waals surface area contributed by atoms with Crippen LogP contribution in [0.1, 0.15) is 0 Å². The van der Waals surface area contributed by atoms with Gasteiger partial charge in [0.15, 0.2) is 0 Å². The number of hydrogen-bond acceptors (Lipinski definition) is 4. The average molecular weight is 201 g/mol. The molecule has 0 radical (unpaired) electrons. The highest BCUT2D eigenvalue weighted by Crippen LogP contribution is 1.67. The Kier molecular flexibility index (Phi) is 19.1. The van der Waals surface area contributed by atoms with Crippen LogP contribution >= 0.6 is 12.4 Å². The molecule has 76 valence electrons. The summed E-state index contributed by atoms with van der Waals surface area (Å²) in [6.45, 7) is -0.196. The molecule has 0 aromatic heterocycles. The lowest BCUT2D eigenvalue weighted by Gasteiger charge is -1.92. The molecule has 6 heteroatoms. The number of carbonyl (C=O) groups excluding carboxylic acids is 1. The Morgan fingerprint density at radius 3 is 1.92 bits per heavy atom. The van der Waals surface area contributed by atoms with E-state index in [1.807, 2.05) is 26.0 Å². The van der Waals surface area contributed by atoms with Crippen LogP contribution in [0.25, 0.3) is 0 Å². The molecule has 0 fully saturated rings. The molecule has 1 amide bonds. The number of ether oxygens (including phenoxy) is 1. The topological polar surface area (TPSA) is 75.8 Å². The fourth-order valence-electron chi connectivity index (χ4n) is 0.146. The highest BCUT2D eigenvalue weighted by atomic mass is 35.5. The van der Waals surface area contributed by atoms with Gasteiger partial charge in [0.25, 0.3) is 0 Å². The highest BCUT2D eigenvalue weighted by molar-refractivity contribution is 5.85. The number of amides is 1. The van der Waals surface area contributed by atoms with E-state index in [0.717, 1.165) is 0 Å². The van der Waals surface area contributed by atoms with Crippen LogP contribution in [0.5, 0.6) is 0 Å². The molecule has 12 heavy (non-hydrogen) atoms. The number of halogens is 1. The van der Waals surface area contributed by atoms with Crippen molar-refractivity contribution in [3.63, 3.8) is 0 Å². The molecule has 0 aromatic rings. The van der Waals surface area contributed by atoms with Gasteiger partial charge >= 0.3 is 6.09 Å². The molecule has 0 saturated carbocycles. The van der Waals surface area contributed by atoms with Gasteiger partial charge in [0.1, 0.15) is 6.61 Å². The van der Waals surface area contributed by atoms with Crippen molar-refractivity contribution in [3.05, 3.63) is 0 Å². The summed E-state index contributed by atoms with van der Waals surface area (Å²) in [7, 11) is 6.00. The van der Waals surface area contributed by atoms with Crippen LogP contribution in [0.2, 0.25) is 0 Å². The second-order valence-corrected chi connectivity index (χ2v) is 2.23. The van der Waals surface area contributed by atoms with Gasteiger partial charge in [0, 0.05) is 0 Å². The van der Waals surface area contributed by atoms with Crippen LogP contribution in [-0.4, -0.2) is 50.5 Å². The predicted octanol–water partition coefficient (Wildman–Crippen LogP) is -0.326. The van der Waals surface area contributed by atoms with Crippen LogP contribution in [0.4, 0.5) is 4.79 Å². The Balaban J connectivity index is -0.000000142. The molecule has 0 saturated heterocycles. The molecule has 5 nitrogen and oxygen atoms in total. The Morgan fingerprint density at radius 1 is 1.50 bits per heavy atom. The summed E-state index contributed by atoms with van der Waals surface area (Å²) < 4.78 is 4.08. The maximum absolute atomic E-state index is 9.65. The van der Waals surface area contributed by atoms with Crippen molar-refractivity contribution in [3.8, 4) is 0 Å². The van der Waals surface area contributed by atoms with Gasteiger partial charge in [-0.3, -0.25) is 0 Å². The van der Waals surface area contributed by atoms with Gasteiger partial charge in [-0.2, -0.15) is 0 Å². The predicted molar refractivity (Wildman–Crippen MR) is 49.5 cm³/mol. The SMILES string of the molecule is CN(C)C.Cl.NC(=O)OCCO. The molecule has 0 aliphatic heterocycles. The first-order valence-corrected chi connectivity index (χ1v) is 3.14. The van der Waals surface area contributed by atoms with Gasteiger partial charge in [0.05, 0.1) is 6.61 Å². The Hall–Kier alpha value is -0.520. The number of nitrogens with zero attached hydrogens (tertiary/aromatic N) is 1. The summed E-state index contributed by atoms with van der Waals surface area (Å²) in [5.74, 6) is 0. The van der Waals surface area contributed by atoms with E-state index >= 15 is 0 Å². The van der Waals surface area contributed by atoms with Crippen molar-refractivity contribution in [1.82, 2.24) is 4.90 Å². The third-order valence-electron chi connectivity index (χ3n) is 0.336. The molecule has 0 unspecified atom stereocenters. The third-order valence-corrected chi connectivity index (χ3v) is 0.336. The van der Waals surface area contributed by atoms with Crippen molar-refractivity contribution < 1.29 is 14.6 Å². The van der Waals surface area contributed by atoms with Gasteiger partial charge in [-0.15, -0.1) is 12.4 Å². The van der Waals surface area contributed by atoms with E-state index in [9.17, 15) is 4.79 Å². The van der Waals surface area contributed by atoms with Crippen molar-refractivity contribution in [2.24, 2.45) is 5.73 Å². The number of primary amides is 1. The largest absolute Gasteiger partial charge is 0.447 e. The second kappa shape index (κ2) is 13.1.